The van der Waals surface area contributed by atoms with Crippen LogP contribution < -0.4 is 21.3 Å². The zero-order chi connectivity index (χ0) is 53.0. The van der Waals surface area contributed by atoms with Crippen molar-refractivity contribution >= 4 is 23.6 Å². The third kappa shape index (κ3) is 13.2. The summed E-state index contributed by atoms with van der Waals surface area (Å²) in [5.74, 6) is -2.51. The molecule has 0 saturated carbocycles. The first-order chi connectivity index (χ1) is 36.9. The molecule has 4 atom stereocenters. The highest BCUT2D eigenvalue weighted by Crippen LogP contribution is 2.26. The van der Waals surface area contributed by atoms with Gasteiger partial charge in [0.1, 0.15) is 47.2 Å². The number of benzene rings is 4. The number of carbonyl (C=O) groups is 4. The van der Waals surface area contributed by atoms with E-state index in [1.54, 1.807) is 27.7 Å². The molecule has 9 rings (SSSR count). The van der Waals surface area contributed by atoms with Crippen molar-refractivity contribution in [2.24, 2.45) is 0 Å². The van der Waals surface area contributed by atoms with Crippen LogP contribution in [-0.2, 0) is 45.4 Å². The third-order valence-corrected chi connectivity index (χ3v) is 12.1. The average molecular weight is 1030 g/mol. The number of fused-ring (bicyclic) bond motifs is 8. The van der Waals surface area contributed by atoms with Crippen LogP contribution >= 0.6 is 0 Å². The molecule has 0 fully saturated rings. The normalized spacial score (nSPS) is 17.3. The van der Waals surface area contributed by atoms with Crippen LogP contribution in [0.1, 0.15) is 135 Å². The molecular weight excluding hydrogens is 977 g/mol. The number of oxazole rings is 4. The summed E-state index contributed by atoms with van der Waals surface area (Å²) < 4.78 is 48.9. The summed E-state index contributed by atoms with van der Waals surface area (Å²) >= 11 is 0. The second-order valence-electron chi connectivity index (χ2n) is 17.9. The van der Waals surface area contributed by atoms with Crippen molar-refractivity contribution in [1.29, 1.82) is 0 Å². The van der Waals surface area contributed by atoms with E-state index in [0.29, 0.717) is 0 Å². The van der Waals surface area contributed by atoms with Gasteiger partial charge in [0.15, 0.2) is 22.8 Å². The quantitative estimate of drug-likeness (QED) is 0.0716. The SMILES string of the molecule is Cc1oc2nc1C(=O)N[C@@H](COCc1ccccc1)c1nc(c(C)o1)C(=O)N[C@@H](COCc1ccccc1)c1nc(c(C)o1)C(=O)N[C@@H](COCc1ccccc1)c1nc(c(C)o1)C(=O)N[C@H]2COCc1ccccc1. The molecule has 0 saturated heterocycles. The van der Waals surface area contributed by atoms with Gasteiger partial charge in [-0.3, -0.25) is 19.2 Å². The summed E-state index contributed by atoms with van der Waals surface area (Å²) in [5, 5.41) is 11.6. The van der Waals surface area contributed by atoms with Gasteiger partial charge in [-0.15, -0.1) is 0 Å². The van der Waals surface area contributed by atoms with Gasteiger partial charge in [-0.25, -0.2) is 19.9 Å². The molecule has 4 aromatic carbocycles. The highest BCUT2D eigenvalue weighted by atomic mass is 16.5. The van der Waals surface area contributed by atoms with Gasteiger partial charge < -0.3 is 57.9 Å². The molecule has 4 N–H and O–H groups in total. The Labute approximate surface area is 436 Å². The number of amides is 4. The minimum atomic E-state index is -1.07. The summed E-state index contributed by atoms with van der Waals surface area (Å²) in [6.07, 6.45) is 0. The van der Waals surface area contributed by atoms with Crippen molar-refractivity contribution in [2.45, 2.75) is 78.3 Å². The molecule has 20 heteroatoms. The van der Waals surface area contributed by atoms with E-state index in [0.717, 1.165) is 22.3 Å². The topological polar surface area (TPSA) is 257 Å². The van der Waals surface area contributed by atoms with Crippen LogP contribution in [0.15, 0.2) is 139 Å². The minimum absolute atomic E-state index is 0.0493. The number of ether oxygens (including phenoxy) is 4. The van der Waals surface area contributed by atoms with Gasteiger partial charge in [0.05, 0.1) is 52.9 Å². The number of rotatable bonds is 16. The van der Waals surface area contributed by atoms with Crippen molar-refractivity contribution in [1.82, 2.24) is 41.2 Å². The highest BCUT2D eigenvalue weighted by molar-refractivity contribution is 5.96. The van der Waals surface area contributed by atoms with Gasteiger partial charge in [-0.1, -0.05) is 121 Å². The number of carbonyl (C=O) groups excluding carboxylic acids is 4. The highest BCUT2D eigenvalue weighted by Gasteiger charge is 2.34. The fraction of sp³-hybridized carbons (Fsp3) is 0.286. The number of hydrogen-bond donors (Lipinski definition) is 4. The van der Waals surface area contributed by atoms with Crippen LogP contribution in [0.3, 0.4) is 0 Å². The van der Waals surface area contributed by atoms with Crippen molar-refractivity contribution < 1.29 is 55.8 Å². The standard InChI is InChI=1S/C56H56N8O12/c1-33-45-49(65)57-42(30-70-26-38-19-11-6-12-20-38)54-62-47(35(3)74-54)51(67)59-44(32-72-28-40-23-15-8-16-24-40)56-64-48(36(4)76-56)52(68)60-43(31-71-27-39-21-13-7-14-22-39)55-63-46(34(2)75-55)50(66)58-41(53(61-45)73-33)29-69-25-37-17-9-5-10-18-37/h5-24,41-44H,25-32H2,1-4H3,(H,57,65)(H,58,66)(H,59,67)(H,60,68)/t41-,42-,43-,44-/m0/s1. The third-order valence-electron chi connectivity index (χ3n) is 12.1. The molecule has 8 aromatic rings. The summed E-state index contributed by atoms with van der Waals surface area (Å²) in [6.45, 7) is 6.34. The number of aryl methyl sites for hydroxylation is 4. The molecule has 0 spiro atoms. The molecule has 8 bridgehead atoms. The molecule has 4 aromatic heterocycles. The zero-order valence-electron chi connectivity index (χ0n) is 42.2. The summed E-state index contributed by atoms with van der Waals surface area (Å²) in [5.41, 5.74) is 3.01. The van der Waals surface area contributed by atoms with Gasteiger partial charge in [0.25, 0.3) is 23.6 Å². The Kier molecular flexibility index (Phi) is 17.0. The predicted molar refractivity (Wildman–Crippen MR) is 270 cm³/mol. The molecule has 0 radical (unpaired) electrons. The monoisotopic (exact) mass is 1030 g/mol. The number of aromatic nitrogens is 4. The van der Waals surface area contributed by atoms with E-state index >= 15 is 0 Å². The Morgan fingerprint density at radius 1 is 0.342 bits per heavy atom. The van der Waals surface area contributed by atoms with E-state index in [1.807, 2.05) is 121 Å². The van der Waals surface area contributed by atoms with Crippen LogP contribution in [0.4, 0.5) is 0 Å². The van der Waals surface area contributed by atoms with E-state index in [1.165, 1.54) is 0 Å². The second kappa shape index (κ2) is 24.6. The largest absolute Gasteiger partial charge is 0.443 e. The Hall–Kier alpha value is -8.56. The minimum Gasteiger partial charge on any atom is -0.443 e. The maximum atomic E-state index is 14.4. The molecule has 1 aliphatic rings. The van der Waals surface area contributed by atoms with Crippen molar-refractivity contribution in [3.05, 3.63) is 213 Å². The fourth-order valence-corrected chi connectivity index (χ4v) is 8.19. The lowest BCUT2D eigenvalue weighted by atomic mass is 10.2. The van der Waals surface area contributed by atoms with Crippen molar-refractivity contribution in [3.63, 3.8) is 0 Å². The maximum absolute atomic E-state index is 14.4. The number of nitrogens with zero attached hydrogens (tertiary/aromatic N) is 4. The molecule has 5 heterocycles. The predicted octanol–water partition coefficient (Wildman–Crippen LogP) is 7.94. The molecule has 20 nitrogen and oxygen atoms in total. The first kappa shape index (κ1) is 52.3. The van der Waals surface area contributed by atoms with Gasteiger partial charge in [0, 0.05) is 0 Å². The first-order valence-electron chi connectivity index (χ1n) is 24.5. The molecule has 392 valence electrons. The molecular formula is C56H56N8O12. The molecule has 76 heavy (non-hydrogen) atoms. The van der Waals surface area contributed by atoms with E-state index in [9.17, 15) is 19.2 Å². The maximum Gasteiger partial charge on any atom is 0.274 e. The lowest BCUT2D eigenvalue weighted by Gasteiger charge is -2.17. The molecule has 1 aliphatic heterocycles. The van der Waals surface area contributed by atoms with Crippen LogP contribution in [-0.4, -0.2) is 70.0 Å². The van der Waals surface area contributed by atoms with Gasteiger partial charge in [-0.05, 0) is 49.9 Å². The van der Waals surface area contributed by atoms with E-state index in [2.05, 4.69) is 41.2 Å². The molecule has 0 aliphatic carbocycles. The molecule has 0 unspecified atom stereocenters. The zero-order valence-corrected chi connectivity index (χ0v) is 42.2. The van der Waals surface area contributed by atoms with E-state index in [4.69, 9.17) is 36.6 Å². The van der Waals surface area contributed by atoms with Gasteiger partial charge in [0.2, 0.25) is 23.6 Å². The number of nitrogens with one attached hydrogen (secondary N) is 4. The average Bonchev–Trinajstić information content (AvgIpc) is 4.24. The summed E-state index contributed by atoms with van der Waals surface area (Å²) in [7, 11) is 0. The summed E-state index contributed by atoms with van der Waals surface area (Å²) in [4.78, 5) is 75.9. The Balaban J connectivity index is 1.08. The Morgan fingerprint density at radius 3 is 0.737 bits per heavy atom. The van der Waals surface area contributed by atoms with E-state index < -0.39 is 47.8 Å². The molecule has 4 amide bonds. The first-order valence-corrected chi connectivity index (χ1v) is 24.5. The second-order valence-corrected chi connectivity index (χ2v) is 17.9. The van der Waals surface area contributed by atoms with Gasteiger partial charge >= 0.3 is 0 Å². The van der Waals surface area contributed by atoms with Crippen LogP contribution in [0.25, 0.3) is 0 Å². The Bertz CT molecular complexity index is 2800. The van der Waals surface area contributed by atoms with Crippen molar-refractivity contribution in [2.75, 3.05) is 26.4 Å². The van der Waals surface area contributed by atoms with E-state index in [-0.39, 0.29) is 122 Å². The van der Waals surface area contributed by atoms with Crippen LogP contribution in [0, 0.1) is 27.7 Å². The lowest BCUT2D eigenvalue weighted by Crippen LogP contribution is -2.35. The Morgan fingerprint density at radius 2 is 0.539 bits per heavy atom. The summed E-state index contributed by atoms with van der Waals surface area (Å²) in [6, 6.07) is 33.4. The van der Waals surface area contributed by atoms with Crippen molar-refractivity contribution in [3.8, 4) is 0 Å². The van der Waals surface area contributed by atoms with Crippen LogP contribution in [0.2, 0.25) is 0 Å². The van der Waals surface area contributed by atoms with Gasteiger partial charge in [-0.2, -0.15) is 0 Å². The smallest absolute Gasteiger partial charge is 0.274 e. The van der Waals surface area contributed by atoms with Crippen LogP contribution in [0.5, 0.6) is 0 Å². The fourth-order valence-electron chi connectivity index (χ4n) is 8.19. The lowest BCUT2D eigenvalue weighted by molar-refractivity contribution is 0.0747. The number of hydrogen-bond acceptors (Lipinski definition) is 16.